The Morgan fingerprint density at radius 3 is 2.68 bits per heavy atom. The van der Waals surface area contributed by atoms with Crippen LogP contribution in [0.3, 0.4) is 0 Å². The van der Waals surface area contributed by atoms with Crippen molar-refractivity contribution in [3.8, 4) is 17.6 Å². The molecule has 1 aliphatic rings. The second-order valence-electron chi connectivity index (χ2n) is 8.89. The SMILES string of the molecule is CCCN(C)C[C@@H]1Oc2cc(C#Cc3ccccc3F)ccc2S(=O)(=O)N([C@@H](C)CO)C[C@@H]1C. The van der Waals surface area contributed by atoms with Gasteiger partial charge in [-0.2, -0.15) is 4.31 Å². The third kappa shape index (κ3) is 5.97. The van der Waals surface area contributed by atoms with E-state index in [1.54, 1.807) is 37.3 Å². The van der Waals surface area contributed by atoms with E-state index in [4.69, 9.17) is 4.74 Å². The van der Waals surface area contributed by atoms with Crippen LogP contribution in [0, 0.1) is 23.6 Å². The third-order valence-corrected chi connectivity index (χ3v) is 8.00. The lowest BCUT2D eigenvalue weighted by molar-refractivity contribution is 0.0752. The second kappa shape index (κ2) is 11.3. The largest absolute Gasteiger partial charge is 0.487 e. The van der Waals surface area contributed by atoms with Crippen LogP contribution in [0.4, 0.5) is 4.39 Å². The van der Waals surface area contributed by atoms with Crippen molar-refractivity contribution in [3.63, 3.8) is 0 Å². The van der Waals surface area contributed by atoms with E-state index < -0.39 is 21.9 Å². The molecule has 3 rings (SSSR count). The number of hydrogen-bond donors (Lipinski definition) is 1. The van der Waals surface area contributed by atoms with Crippen LogP contribution in [-0.4, -0.2) is 68.2 Å². The molecule has 1 aliphatic heterocycles. The van der Waals surface area contributed by atoms with E-state index in [2.05, 4.69) is 23.7 Å². The van der Waals surface area contributed by atoms with Crippen LogP contribution in [0.25, 0.3) is 0 Å². The van der Waals surface area contributed by atoms with E-state index in [1.807, 2.05) is 14.0 Å². The molecule has 3 atom stereocenters. The lowest BCUT2D eigenvalue weighted by Crippen LogP contribution is -2.49. The fourth-order valence-electron chi connectivity index (χ4n) is 4.00. The normalized spacial score (nSPS) is 20.9. The highest BCUT2D eigenvalue weighted by Crippen LogP contribution is 2.34. The van der Waals surface area contributed by atoms with Gasteiger partial charge in [0.1, 0.15) is 22.6 Å². The molecule has 0 aromatic heterocycles. The van der Waals surface area contributed by atoms with Gasteiger partial charge in [0.2, 0.25) is 10.0 Å². The van der Waals surface area contributed by atoms with Gasteiger partial charge in [-0.1, -0.05) is 37.8 Å². The summed E-state index contributed by atoms with van der Waals surface area (Å²) in [5, 5.41) is 9.75. The van der Waals surface area contributed by atoms with Crippen molar-refractivity contribution in [2.24, 2.45) is 5.92 Å². The van der Waals surface area contributed by atoms with Crippen LogP contribution >= 0.6 is 0 Å². The van der Waals surface area contributed by atoms with E-state index in [0.717, 1.165) is 13.0 Å². The Hall–Kier alpha value is -2.44. The molecule has 6 nitrogen and oxygen atoms in total. The number of halogens is 1. The van der Waals surface area contributed by atoms with Crippen molar-refractivity contribution >= 4 is 10.0 Å². The first-order valence-corrected chi connectivity index (χ1v) is 13.0. The number of ether oxygens (including phenoxy) is 1. The number of rotatable bonds is 6. The summed E-state index contributed by atoms with van der Waals surface area (Å²) in [7, 11) is -1.90. The Kier molecular flexibility index (Phi) is 8.72. The molecule has 8 heteroatoms. The number of nitrogens with zero attached hydrogens (tertiary/aromatic N) is 2. The van der Waals surface area contributed by atoms with E-state index >= 15 is 0 Å². The second-order valence-corrected chi connectivity index (χ2v) is 10.8. The van der Waals surface area contributed by atoms with Gasteiger partial charge in [-0.05, 0) is 57.3 Å². The molecule has 0 bridgehead atoms. The van der Waals surface area contributed by atoms with Crippen LogP contribution in [0.15, 0.2) is 47.4 Å². The predicted octanol–water partition coefficient (Wildman–Crippen LogP) is 3.34. The number of hydrogen-bond acceptors (Lipinski definition) is 5. The van der Waals surface area contributed by atoms with E-state index in [9.17, 15) is 17.9 Å². The Balaban J connectivity index is 2.07. The average Bonchev–Trinajstić information content (AvgIpc) is 2.80. The standard InChI is InChI=1S/C26H33FN2O4S/c1-5-14-28(4)17-25-19(2)16-29(20(3)18-30)34(31,32)26-13-11-21(15-24(26)33-25)10-12-22-8-6-7-9-23(22)27/h6-9,11,13,15,19-20,25,30H,5,14,16-18H2,1-4H3/t19-,20-,25-/m0/s1. The van der Waals surface area contributed by atoms with E-state index in [0.29, 0.717) is 12.1 Å². The first-order chi connectivity index (χ1) is 16.2. The molecule has 0 radical (unpaired) electrons. The van der Waals surface area contributed by atoms with Crippen molar-refractivity contribution < 1.29 is 22.7 Å². The lowest BCUT2D eigenvalue weighted by Gasteiger charge is -2.37. The highest BCUT2D eigenvalue weighted by Gasteiger charge is 2.38. The summed E-state index contributed by atoms with van der Waals surface area (Å²) in [6, 6.07) is 10.3. The molecule has 0 fully saturated rings. The molecule has 0 unspecified atom stereocenters. The molecule has 1 N–H and O–H groups in total. The molecule has 0 spiro atoms. The van der Waals surface area contributed by atoms with Crippen molar-refractivity contribution in [2.45, 2.75) is 44.2 Å². The molecule has 0 saturated heterocycles. The summed E-state index contributed by atoms with van der Waals surface area (Å²) in [6.45, 7) is 7.23. The monoisotopic (exact) mass is 488 g/mol. The van der Waals surface area contributed by atoms with Crippen molar-refractivity contribution in [1.82, 2.24) is 9.21 Å². The molecule has 1 heterocycles. The lowest BCUT2D eigenvalue weighted by atomic mass is 10.0. The van der Waals surface area contributed by atoms with Gasteiger partial charge < -0.3 is 14.7 Å². The van der Waals surface area contributed by atoms with Gasteiger partial charge in [-0.15, -0.1) is 0 Å². The maximum absolute atomic E-state index is 14.0. The summed E-state index contributed by atoms with van der Waals surface area (Å²) in [4.78, 5) is 2.21. The Labute approximate surface area is 202 Å². The minimum Gasteiger partial charge on any atom is -0.487 e. The van der Waals surface area contributed by atoms with Crippen molar-refractivity contribution in [2.75, 3.05) is 33.3 Å². The minimum atomic E-state index is -3.91. The fourth-order valence-corrected chi connectivity index (χ4v) is 5.83. The summed E-state index contributed by atoms with van der Waals surface area (Å²) < 4.78 is 48.7. The van der Waals surface area contributed by atoms with Gasteiger partial charge in [-0.25, -0.2) is 12.8 Å². The number of likely N-dealkylation sites (N-methyl/N-ethyl adjacent to an activating group) is 1. The highest BCUT2D eigenvalue weighted by atomic mass is 32.2. The number of aliphatic hydroxyl groups excluding tert-OH is 1. The predicted molar refractivity (Wildman–Crippen MR) is 131 cm³/mol. The first kappa shape index (κ1) is 26.2. The van der Waals surface area contributed by atoms with E-state index in [1.165, 1.54) is 16.4 Å². The maximum Gasteiger partial charge on any atom is 0.247 e. The Bertz CT molecular complexity index is 1160. The molecule has 2 aromatic rings. The Morgan fingerprint density at radius 1 is 1.26 bits per heavy atom. The Morgan fingerprint density at radius 2 is 2.00 bits per heavy atom. The van der Waals surface area contributed by atoms with Crippen LogP contribution in [0.2, 0.25) is 0 Å². The van der Waals surface area contributed by atoms with Crippen LogP contribution in [0.5, 0.6) is 5.75 Å². The quantitative estimate of drug-likeness (QED) is 0.632. The van der Waals surface area contributed by atoms with Gasteiger partial charge in [0.25, 0.3) is 0 Å². The molecular weight excluding hydrogens is 455 g/mol. The van der Waals surface area contributed by atoms with Crippen LogP contribution in [0.1, 0.15) is 38.3 Å². The highest BCUT2D eigenvalue weighted by molar-refractivity contribution is 7.89. The van der Waals surface area contributed by atoms with Crippen LogP contribution in [-0.2, 0) is 10.0 Å². The molecule has 34 heavy (non-hydrogen) atoms. The van der Waals surface area contributed by atoms with Crippen LogP contribution < -0.4 is 4.74 Å². The smallest absolute Gasteiger partial charge is 0.247 e. The molecule has 184 valence electrons. The zero-order valence-electron chi connectivity index (χ0n) is 20.2. The molecule has 0 aliphatic carbocycles. The molecular formula is C26H33FN2O4S. The van der Waals surface area contributed by atoms with Gasteiger partial charge in [0.15, 0.2) is 0 Å². The summed E-state index contributed by atoms with van der Waals surface area (Å²) in [5.41, 5.74) is 0.784. The summed E-state index contributed by atoms with van der Waals surface area (Å²) in [5.74, 6) is 5.41. The van der Waals surface area contributed by atoms with Gasteiger partial charge in [0, 0.05) is 30.6 Å². The molecule has 0 amide bonds. The first-order valence-electron chi connectivity index (χ1n) is 11.6. The maximum atomic E-state index is 14.0. The zero-order valence-corrected chi connectivity index (χ0v) is 21.0. The number of benzene rings is 2. The minimum absolute atomic E-state index is 0.0410. The van der Waals surface area contributed by atoms with Gasteiger partial charge in [-0.3, -0.25) is 0 Å². The number of sulfonamides is 1. The fraction of sp³-hybridized carbons (Fsp3) is 0.462. The van der Waals surface area contributed by atoms with Crippen molar-refractivity contribution in [1.29, 1.82) is 0 Å². The summed E-state index contributed by atoms with van der Waals surface area (Å²) >= 11 is 0. The summed E-state index contributed by atoms with van der Waals surface area (Å²) in [6.07, 6.45) is 0.723. The average molecular weight is 489 g/mol. The topological polar surface area (TPSA) is 70.1 Å². The number of aliphatic hydroxyl groups is 1. The molecule has 2 aromatic carbocycles. The van der Waals surface area contributed by atoms with Gasteiger partial charge in [0.05, 0.1) is 12.2 Å². The third-order valence-electron chi connectivity index (χ3n) is 5.98. The van der Waals surface area contributed by atoms with E-state index in [-0.39, 0.29) is 41.4 Å². The zero-order chi connectivity index (χ0) is 24.9. The molecule has 0 saturated carbocycles. The van der Waals surface area contributed by atoms with Gasteiger partial charge >= 0.3 is 0 Å². The van der Waals surface area contributed by atoms with Crippen molar-refractivity contribution in [3.05, 3.63) is 59.4 Å². The number of fused-ring (bicyclic) bond motifs is 1.